The molecule has 3 aliphatic heterocycles. The first-order chi connectivity index (χ1) is 25.3. The number of aliphatic hydroxyl groups is 1. The Balaban J connectivity index is 0.932. The number of nitrogens with zero attached hydrogens (tertiary/aromatic N) is 1. The summed E-state index contributed by atoms with van der Waals surface area (Å²) in [7, 11) is 0. The maximum absolute atomic E-state index is 13.2. The number of rotatable bonds is 13. The lowest BCUT2D eigenvalue weighted by Crippen LogP contribution is -2.52. The van der Waals surface area contributed by atoms with Gasteiger partial charge in [0, 0.05) is 29.6 Å². The van der Waals surface area contributed by atoms with Crippen LogP contribution in [-0.4, -0.2) is 65.0 Å². The van der Waals surface area contributed by atoms with Gasteiger partial charge in [0.15, 0.2) is 0 Å². The van der Waals surface area contributed by atoms with Crippen molar-refractivity contribution in [2.24, 2.45) is 5.92 Å². The molecular weight excluding hydrogens is 680 g/mol. The number of nitrogens with one attached hydrogen (secondary N) is 3. The Bertz CT molecular complexity index is 2070. The number of halogens is 1. The van der Waals surface area contributed by atoms with Crippen LogP contribution in [-0.2, 0) is 17.8 Å². The van der Waals surface area contributed by atoms with Gasteiger partial charge in [-0.3, -0.25) is 9.69 Å². The van der Waals surface area contributed by atoms with Crippen molar-refractivity contribution in [3.05, 3.63) is 140 Å². The fourth-order valence-corrected chi connectivity index (χ4v) is 7.59. The number of carbonyl (C=O) groups excluding carboxylic acids is 1. The molecule has 52 heavy (non-hydrogen) atoms. The summed E-state index contributed by atoms with van der Waals surface area (Å²) in [5.74, 6) is 1.05. The third-order valence-corrected chi connectivity index (χ3v) is 10.5. The van der Waals surface area contributed by atoms with E-state index in [1.807, 2.05) is 72.8 Å². The summed E-state index contributed by atoms with van der Waals surface area (Å²) >= 11 is 6.67. The van der Waals surface area contributed by atoms with Crippen LogP contribution in [0.4, 0.5) is 4.79 Å². The molecule has 11 heteroatoms. The lowest BCUT2D eigenvalue weighted by Gasteiger charge is -2.43. The maximum Gasteiger partial charge on any atom is 0.408 e. The predicted molar refractivity (Wildman–Crippen MR) is 201 cm³/mol. The molecule has 3 atom stereocenters. The monoisotopic (exact) mass is 722 g/mol. The summed E-state index contributed by atoms with van der Waals surface area (Å²) in [6, 6.07) is 29.2. The van der Waals surface area contributed by atoms with Crippen LogP contribution < -0.4 is 20.9 Å². The highest BCUT2D eigenvalue weighted by molar-refractivity contribution is 6.31. The number of aromatic hydroxyl groups is 1. The van der Waals surface area contributed by atoms with E-state index in [-0.39, 0.29) is 24.0 Å². The van der Waals surface area contributed by atoms with Gasteiger partial charge in [-0.15, -0.1) is 0 Å². The molecule has 3 fully saturated rings. The van der Waals surface area contributed by atoms with Gasteiger partial charge in [0.05, 0.1) is 17.7 Å². The molecule has 1 aromatic heterocycles. The van der Waals surface area contributed by atoms with Crippen molar-refractivity contribution in [3.63, 3.8) is 0 Å². The number of aromatic nitrogens is 1. The number of amides is 1. The lowest BCUT2D eigenvalue weighted by molar-refractivity contribution is -0.0336. The van der Waals surface area contributed by atoms with Gasteiger partial charge >= 0.3 is 6.09 Å². The van der Waals surface area contributed by atoms with E-state index in [2.05, 4.69) is 20.5 Å². The number of piperidine rings is 3. The standard InChI is InChI=1S/C41H43ClN4O6/c42-34-21-26(9-10-27(34)15-18-43-23-36(48)32-11-13-35(47)40-33(32)12-14-38(49)44-40)25-51-31-8-4-7-30(22-31)39(29-5-2-1-3-6-29)45-41(50)52-37-24-46-19-16-28(37)17-20-46/h1-14,21-22,28,36-37,39,43,47-48H,15-20,23-25H2,(H,44,49)(H,45,50)/t36-,37+,39?/m1/s1. The second kappa shape index (κ2) is 16.2. The molecule has 5 N–H and O–H groups in total. The molecular formula is C41H43ClN4O6. The smallest absolute Gasteiger partial charge is 0.408 e. The minimum Gasteiger partial charge on any atom is -0.506 e. The molecule has 4 aromatic carbocycles. The highest BCUT2D eigenvalue weighted by Gasteiger charge is 2.37. The third-order valence-electron chi connectivity index (χ3n) is 10.1. The van der Waals surface area contributed by atoms with E-state index in [0.717, 1.165) is 54.7 Å². The van der Waals surface area contributed by atoms with Gasteiger partial charge in [-0.05, 0) is 103 Å². The molecule has 4 heterocycles. The first kappa shape index (κ1) is 35.5. The van der Waals surface area contributed by atoms with Crippen molar-refractivity contribution >= 4 is 28.6 Å². The number of aromatic amines is 1. The number of H-pyrrole nitrogens is 1. The van der Waals surface area contributed by atoms with Crippen LogP contribution in [0.1, 0.15) is 52.8 Å². The van der Waals surface area contributed by atoms with Crippen LogP contribution in [0.5, 0.6) is 11.5 Å². The van der Waals surface area contributed by atoms with Crippen LogP contribution in [0.15, 0.2) is 102 Å². The average molecular weight is 723 g/mol. The number of phenols is 1. The number of phenolic OH excluding ortho intramolecular Hbond substituents is 1. The van der Waals surface area contributed by atoms with Gasteiger partial charge < -0.3 is 35.3 Å². The molecule has 10 nitrogen and oxygen atoms in total. The molecule has 5 aromatic rings. The van der Waals surface area contributed by atoms with Crippen molar-refractivity contribution < 1.29 is 24.5 Å². The molecule has 1 unspecified atom stereocenters. The van der Waals surface area contributed by atoms with Crippen molar-refractivity contribution in [2.45, 2.75) is 44.1 Å². The summed E-state index contributed by atoms with van der Waals surface area (Å²) in [4.78, 5) is 29.9. The number of alkyl carbamates (subject to hydrolysis) is 1. The molecule has 8 rings (SSSR count). The summed E-state index contributed by atoms with van der Waals surface area (Å²) in [6.45, 7) is 4.14. The van der Waals surface area contributed by atoms with Crippen molar-refractivity contribution in [1.82, 2.24) is 20.5 Å². The fourth-order valence-electron chi connectivity index (χ4n) is 7.29. The number of fused-ring (bicyclic) bond motifs is 4. The Hall–Kier alpha value is -4.87. The molecule has 0 aliphatic carbocycles. The molecule has 3 saturated heterocycles. The van der Waals surface area contributed by atoms with E-state index in [4.69, 9.17) is 21.1 Å². The lowest BCUT2D eigenvalue weighted by atomic mass is 9.86. The second-order valence-electron chi connectivity index (χ2n) is 13.6. The van der Waals surface area contributed by atoms with Crippen molar-refractivity contribution in [3.8, 4) is 11.5 Å². The number of ether oxygens (including phenoxy) is 2. The van der Waals surface area contributed by atoms with Crippen molar-refractivity contribution in [2.75, 3.05) is 32.7 Å². The zero-order valence-electron chi connectivity index (χ0n) is 28.8. The Kier molecular flexibility index (Phi) is 11.1. The van der Waals surface area contributed by atoms with Gasteiger partial charge in [-0.1, -0.05) is 72.3 Å². The predicted octanol–water partition coefficient (Wildman–Crippen LogP) is 6.24. The van der Waals surface area contributed by atoms with E-state index >= 15 is 0 Å². The van der Waals surface area contributed by atoms with Gasteiger partial charge in [0.2, 0.25) is 5.56 Å². The Morgan fingerprint density at radius 1 is 0.962 bits per heavy atom. The molecule has 1 amide bonds. The number of hydrogen-bond donors (Lipinski definition) is 5. The van der Waals surface area contributed by atoms with Gasteiger partial charge in [0.25, 0.3) is 0 Å². The first-order valence-electron chi connectivity index (χ1n) is 17.8. The Labute approximate surface area is 307 Å². The summed E-state index contributed by atoms with van der Waals surface area (Å²) in [5, 5.41) is 28.6. The summed E-state index contributed by atoms with van der Waals surface area (Å²) < 4.78 is 12.2. The van der Waals surface area contributed by atoms with Gasteiger partial charge in [0.1, 0.15) is 24.2 Å². The van der Waals surface area contributed by atoms with Crippen LogP contribution in [0.3, 0.4) is 0 Å². The minimum atomic E-state index is -0.843. The summed E-state index contributed by atoms with van der Waals surface area (Å²) in [6.07, 6.45) is 1.46. The van der Waals surface area contributed by atoms with Crippen LogP contribution in [0, 0.1) is 5.92 Å². The van der Waals surface area contributed by atoms with Crippen molar-refractivity contribution in [1.29, 1.82) is 0 Å². The minimum absolute atomic E-state index is 0.0453. The number of benzene rings is 4. The Morgan fingerprint density at radius 2 is 1.77 bits per heavy atom. The van der Waals surface area contributed by atoms with E-state index < -0.39 is 18.2 Å². The topological polar surface area (TPSA) is 136 Å². The maximum atomic E-state index is 13.2. The molecule has 0 radical (unpaired) electrons. The molecule has 270 valence electrons. The first-order valence-corrected chi connectivity index (χ1v) is 18.2. The number of aliphatic hydroxyl groups excluding tert-OH is 1. The van der Waals surface area contributed by atoms with Crippen LogP contribution in [0.2, 0.25) is 5.02 Å². The van der Waals surface area contributed by atoms with Gasteiger partial charge in [-0.2, -0.15) is 0 Å². The Morgan fingerprint density at radius 3 is 2.54 bits per heavy atom. The largest absolute Gasteiger partial charge is 0.506 e. The number of pyridine rings is 1. The highest BCUT2D eigenvalue weighted by atomic mass is 35.5. The van der Waals surface area contributed by atoms with Gasteiger partial charge in [-0.25, -0.2) is 4.79 Å². The number of hydrogen-bond acceptors (Lipinski definition) is 8. The second-order valence-corrected chi connectivity index (χ2v) is 14.0. The van der Waals surface area contributed by atoms with E-state index in [9.17, 15) is 19.8 Å². The zero-order chi connectivity index (χ0) is 36.0. The van der Waals surface area contributed by atoms with E-state index in [0.29, 0.717) is 52.7 Å². The van der Waals surface area contributed by atoms with Crippen LogP contribution in [0.25, 0.3) is 10.9 Å². The normalized spacial score (nSPS) is 19.2. The molecule has 0 spiro atoms. The molecule has 0 saturated carbocycles. The van der Waals surface area contributed by atoms with E-state index in [1.54, 1.807) is 12.1 Å². The zero-order valence-corrected chi connectivity index (χ0v) is 29.5. The molecule has 2 bridgehead atoms. The fraction of sp³-hybridized carbons (Fsp3) is 0.317. The highest BCUT2D eigenvalue weighted by Crippen LogP contribution is 2.32. The third kappa shape index (κ3) is 8.43. The quantitative estimate of drug-likeness (QED) is 0.0902. The van der Waals surface area contributed by atoms with Crippen LogP contribution >= 0.6 is 11.6 Å². The molecule has 3 aliphatic rings. The number of carbonyl (C=O) groups is 1. The average Bonchev–Trinajstić information content (AvgIpc) is 3.16. The SMILES string of the molecule is O=C(NC(c1ccccc1)c1cccc(OCc2ccc(CCNC[C@@H](O)c3ccc(O)c4[nH]c(=O)ccc34)c(Cl)c2)c1)O[C@H]1CN2CCC1CC2. The summed E-state index contributed by atoms with van der Waals surface area (Å²) in [5.41, 5.74) is 4.30. The van der Waals surface area contributed by atoms with E-state index in [1.165, 1.54) is 12.1 Å².